The second-order valence-corrected chi connectivity index (χ2v) is 4.62. The molecule has 96 valence electrons. The molecule has 1 aromatic carbocycles. The highest BCUT2D eigenvalue weighted by Gasteiger charge is 2.09. The first kappa shape index (κ1) is 14.2. The van der Waals surface area contributed by atoms with Crippen molar-refractivity contribution in [3.05, 3.63) is 35.4 Å². The van der Waals surface area contributed by atoms with Gasteiger partial charge in [0.2, 0.25) is 0 Å². The van der Waals surface area contributed by atoms with Gasteiger partial charge in [0.15, 0.2) is 0 Å². The highest BCUT2D eigenvalue weighted by Crippen LogP contribution is 2.21. The molecule has 0 heterocycles. The molecule has 0 bridgehead atoms. The van der Waals surface area contributed by atoms with Crippen LogP contribution in [0.4, 0.5) is 0 Å². The van der Waals surface area contributed by atoms with Crippen LogP contribution in [0.5, 0.6) is 0 Å². The number of likely N-dealkylation sites (N-methyl/N-ethyl adjacent to an activating group) is 2. The van der Waals surface area contributed by atoms with Gasteiger partial charge in [-0.25, -0.2) is 0 Å². The van der Waals surface area contributed by atoms with E-state index >= 15 is 0 Å². The lowest BCUT2D eigenvalue weighted by Crippen LogP contribution is -2.29. The number of hydrogen-bond donors (Lipinski definition) is 2. The third-order valence-corrected chi connectivity index (χ3v) is 3.47. The van der Waals surface area contributed by atoms with Crippen molar-refractivity contribution in [3.8, 4) is 0 Å². The SMILES string of the molecule is CCNCC(NC)c1ccc(C(C)CC)cc1. The van der Waals surface area contributed by atoms with Gasteiger partial charge in [-0.15, -0.1) is 0 Å². The van der Waals surface area contributed by atoms with E-state index in [1.807, 2.05) is 7.05 Å². The molecular weight excluding hydrogens is 208 g/mol. The van der Waals surface area contributed by atoms with Crippen LogP contribution in [0, 0.1) is 0 Å². The predicted molar refractivity (Wildman–Crippen MR) is 75.5 cm³/mol. The van der Waals surface area contributed by atoms with E-state index in [2.05, 4.69) is 55.7 Å². The van der Waals surface area contributed by atoms with E-state index in [1.165, 1.54) is 17.5 Å². The van der Waals surface area contributed by atoms with E-state index in [-0.39, 0.29) is 0 Å². The predicted octanol–water partition coefficient (Wildman–Crippen LogP) is 3.07. The monoisotopic (exact) mass is 234 g/mol. The normalized spacial score (nSPS) is 14.6. The maximum absolute atomic E-state index is 3.38. The summed E-state index contributed by atoms with van der Waals surface area (Å²) in [5.74, 6) is 0.658. The summed E-state index contributed by atoms with van der Waals surface area (Å²) >= 11 is 0. The Kier molecular flexibility index (Phi) is 6.23. The van der Waals surface area contributed by atoms with Crippen LogP contribution >= 0.6 is 0 Å². The molecular formula is C15H26N2. The van der Waals surface area contributed by atoms with Gasteiger partial charge in [0, 0.05) is 12.6 Å². The van der Waals surface area contributed by atoms with E-state index in [1.54, 1.807) is 0 Å². The number of hydrogen-bond acceptors (Lipinski definition) is 2. The van der Waals surface area contributed by atoms with E-state index < -0.39 is 0 Å². The molecule has 0 spiro atoms. The Balaban J connectivity index is 2.70. The maximum atomic E-state index is 3.38. The summed E-state index contributed by atoms with van der Waals surface area (Å²) in [7, 11) is 2.02. The summed E-state index contributed by atoms with van der Waals surface area (Å²) < 4.78 is 0. The Hall–Kier alpha value is -0.860. The van der Waals surface area contributed by atoms with Gasteiger partial charge in [0.05, 0.1) is 0 Å². The lowest BCUT2D eigenvalue weighted by atomic mass is 9.96. The Morgan fingerprint density at radius 1 is 1.06 bits per heavy atom. The van der Waals surface area contributed by atoms with Gasteiger partial charge in [0.25, 0.3) is 0 Å². The van der Waals surface area contributed by atoms with Gasteiger partial charge < -0.3 is 10.6 Å². The lowest BCUT2D eigenvalue weighted by molar-refractivity contribution is 0.538. The van der Waals surface area contributed by atoms with Crippen molar-refractivity contribution in [2.45, 2.75) is 39.2 Å². The van der Waals surface area contributed by atoms with Crippen LogP contribution in [0.15, 0.2) is 24.3 Å². The fraction of sp³-hybridized carbons (Fsp3) is 0.600. The van der Waals surface area contributed by atoms with Crippen LogP contribution in [0.1, 0.15) is 50.3 Å². The first-order valence-corrected chi connectivity index (χ1v) is 6.70. The lowest BCUT2D eigenvalue weighted by Gasteiger charge is -2.18. The summed E-state index contributed by atoms with van der Waals surface area (Å²) in [5, 5.41) is 6.74. The van der Waals surface area contributed by atoms with Crippen LogP contribution in [0.25, 0.3) is 0 Å². The van der Waals surface area contributed by atoms with Crippen LogP contribution in [-0.4, -0.2) is 20.1 Å². The van der Waals surface area contributed by atoms with Crippen molar-refractivity contribution in [1.82, 2.24) is 10.6 Å². The second kappa shape index (κ2) is 7.46. The van der Waals surface area contributed by atoms with Gasteiger partial charge in [-0.2, -0.15) is 0 Å². The number of benzene rings is 1. The summed E-state index contributed by atoms with van der Waals surface area (Å²) in [6, 6.07) is 9.43. The molecule has 0 aliphatic rings. The molecule has 1 rings (SSSR count). The van der Waals surface area contributed by atoms with Crippen molar-refractivity contribution in [2.75, 3.05) is 20.1 Å². The Labute approximate surface area is 106 Å². The van der Waals surface area contributed by atoms with Gasteiger partial charge in [-0.05, 0) is 37.1 Å². The minimum Gasteiger partial charge on any atom is -0.315 e. The van der Waals surface area contributed by atoms with Crippen molar-refractivity contribution in [2.24, 2.45) is 0 Å². The number of rotatable bonds is 7. The molecule has 2 heteroatoms. The first-order chi connectivity index (χ1) is 8.22. The summed E-state index contributed by atoms with van der Waals surface area (Å²) in [5.41, 5.74) is 2.80. The molecule has 0 saturated carbocycles. The third kappa shape index (κ3) is 4.14. The smallest absolute Gasteiger partial charge is 0.0444 e. The molecule has 2 unspecified atom stereocenters. The molecule has 0 aliphatic heterocycles. The Morgan fingerprint density at radius 2 is 1.65 bits per heavy atom. The zero-order chi connectivity index (χ0) is 12.7. The largest absolute Gasteiger partial charge is 0.315 e. The summed E-state index contributed by atoms with van der Waals surface area (Å²) in [6.07, 6.45) is 1.20. The molecule has 17 heavy (non-hydrogen) atoms. The van der Waals surface area contributed by atoms with Crippen molar-refractivity contribution in [1.29, 1.82) is 0 Å². The molecule has 0 aromatic heterocycles. The third-order valence-electron chi connectivity index (χ3n) is 3.47. The van der Waals surface area contributed by atoms with Gasteiger partial charge in [-0.1, -0.05) is 45.0 Å². The minimum atomic E-state index is 0.404. The minimum absolute atomic E-state index is 0.404. The van der Waals surface area contributed by atoms with E-state index in [4.69, 9.17) is 0 Å². The van der Waals surface area contributed by atoms with Gasteiger partial charge in [-0.3, -0.25) is 0 Å². The molecule has 0 fully saturated rings. The molecule has 0 radical (unpaired) electrons. The average molecular weight is 234 g/mol. The zero-order valence-electron chi connectivity index (χ0n) is 11.6. The van der Waals surface area contributed by atoms with Crippen molar-refractivity contribution < 1.29 is 0 Å². The first-order valence-electron chi connectivity index (χ1n) is 6.70. The van der Waals surface area contributed by atoms with E-state index in [0.29, 0.717) is 12.0 Å². The molecule has 0 aliphatic carbocycles. The topological polar surface area (TPSA) is 24.1 Å². The van der Waals surface area contributed by atoms with Gasteiger partial charge in [0.1, 0.15) is 0 Å². The maximum Gasteiger partial charge on any atom is 0.0444 e. The standard InChI is InChI=1S/C15H26N2/c1-5-12(3)13-7-9-14(10-8-13)15(16-4)11-17-6-2/h7-10,12,15-17H,5-6,11H2,1-4H3. The quantitative estimate of drug-likeness (QED) is 0.757. The van der Waals surface area contributed by atoms with Crippen LogP contribution < -0.4 is 10.6 Å². The van der Waals surface area contributed by atoms with Crippen molar-refractivity contribution in [3.63, 3.8) is 0 Å². The van der Waals surface area contributed by atoms with E-state index in [0.717, 1.165) is 13.1 Å². The molecule has 1 aromatic rings. The molecule has 2 atom stereocenters. The fourth-order valence-electron chi connectivity index (χ4n) is 1.97. The number of nitrogens with one attached hydrogen (secondary N) is 2. The van der Waals surface area contributed by atoms with Crippen molar-refractivity contribution >= 4 is 0 Å². The molecule has 2 N–H and O–H groups in total. The van der Waals surface area contributed by atoms with Gasteiger partial charge >= 0.3 is 0 Å². The summed E-state index contributed by atoms with van der Waals surface area (Å²) in [4.78, 5) is 0. The molecule has 0 saturated heterocycles. The van der Waals surface area contributed by atoms with Crippen LogP contribution in [0.2, 0.25) is 0 Å². The fourth-order valence-corrected chi connectivity index (χ4v) is 1.97. The van der Waals surface area contributed by atoms with Crippen LogP contribution in [0.3, 0.4) is 0 Å². The molecule has 0 amide bonds. The zero-order valence-corrected chi connectivity index (χ0v) is 11.6. The Morgan fingerprint density at radius 3 is 2.12 bits per heavy atom. The Bertz CT molecular complexity index is 305. The summed E-state index contributed by atoms with van der Waals surface area (Å²) in [6.45, 7) is 8.65. The van der Waals surface area contributed by atoms with E-state index in [9.17, 15) is 0 Å². The second-order valence-electron chi connectivity index (χ2n) is 4.62. The molecule has 2 nitrogen and oxygen atoms in total. The highest BCUT2D eigenvalue weighted by molar-refractivity contribution is 5.27. The van der Waals surface area contributed by atoms with Crippen LogP contribution in [-0.2, 0) is 0 Å². The highest BCUT2D eigenvalue weighted by atomic mass is 15.0. The average Bonchev–Trinajstić information content (AvgIpc) is 2.39.